The molecular weight excluding hydrogens is 496 g/mol. The molecule has 4 aliphatic carbocycles. The highest BCUT2D eigenvalue weighted by Gasteiger charge is 2.57. The molecule has 40 heavy (non-hydrogen) atoms. The lowest BCUT2D eigenvalue weighted by molar-refractivity contribution is -0.191. The summed E-state index contributed by atoms with van der Waals surface area (Å²) in [6.45, 7) is 5.97. The van der Waals surface area contributed by atoms with Crippen molar-refractivity contribution in [2.75, 3.05) is 0 Å². The number of esters is 2. The van der Waals surface area contributed by atoms with Crippen LogP contribution in [-0.4, -0.2) is 18.0 Å². The van der Waals surface area contributed by atoms with Gasteiger partial charge in [0.25, 0.3) is 0 Å². The van der Waals surface area contributed by atoms with Crippen LogP contribution < -0.4 is 0 Å². The summed E-state index contributed by atoms with van der Waals surface area (Å²) in [5.74, 6) is 1.31. The molecule has 4 aromatic carbocycles. The second-order valence-corrected chi connectivity index (χ2v) is 12.8. The first kappa shape index (κ1) is 25.6. The van der Waals surface area contributed by atoms with Gasteiger partial charge in [-0.15, -0.1) is 0 Å². The smallest absolute Gasteiger partial charge is 0.310 e. The van der Waals surface area contributed by atoms with Gasteiger partial charge in [0.2, 0.25) is 0 Å². The number of hydrogen-bond donors (Lipinski definition) is 0. The molecule has 206 valence electrons. The van der Waals surface area contributed by atoms with Crippen LogP contribution >= 0.6 is 0 Å². The van der Waals surface area contributed by atoms with E-state index < -0.39 is 0 Å². The molecule has 0 spiro atoms. The van der Waals surface area contributed by atoms with Crippen molar-refractivity contribution in [3.8, 4) is 0 Å². The first-order valence-corrected chi connectivity index (χ1v) is 15.1. The molecule has 4 aliphatic rings. The molecule has 0 aromatic heterocycles. The molecule has 4 nitrogen and oxygen atoms in total. The molecule has 0 heterocycles. The summed E-state index contributed by atoms with van der Waals surface area (Å²) in [6.07, 6.45) is 4.43. The van der Waals surface area contributed by atoms with Crippen LogP contribution in [0.4, 0.5) is 0 Å². The molecule has 0 amide bonds. The minimum absolute atomic E-state index is 0.0288. The van der Waals surface area contributed by atoms with Crippen LogP contribution in [0.15, 0.2) is 66.7 Å². The molecule has 2 unspecified atom stereocenters. The summed E-state index contributed by atoms with van der Waals surface area (Å²) in [5.41, 5.74) is 1.03. The Labute approximate surface area is 236 Å². The highest BCUT2D eigenvalue weighted by molar-refractivity contribution is 6.04. The number of fused-ring (bicyclic) bond motifs is 3. The van der Waals surface area contributed by atoms with Crippen LogP contribution in [0.25, 0.3) is 32.3 Å². The van der Waals surface area contributed by atoms with Gasteiger partial charge in [-0.2, -0.15) is 0 Å². The van der Waals surface area contributed by atoms with E-state index in [1.54, 1.807) is 0 Å². The zero-order chi connectivity index (χ0) is 27.5. The van der Waals surface area contributed by atoms with Gasteiger partial charge in [0, 0.05) is 0 Å². The van der Waals surface area contributed by atoms with Crippen LogP contribution in [-0.2, 0) is 19.1 Å². The predicted octanol–water partition coefficient (Wildman–Crippen LogP) is 8.39. The summed E-state index contributed by atoms with van der Waals surface area (Å²) in [4.78, 5) is 26.1. The average molecular weight is 535 g/mol. The minimum atomic E-state index is -0.300. The lowest BCUT2D eigenvalue weighted by Gasteiger charge is -2.56. The molecule has 4 fully saturated rings. The topological polar surface area (TPSA) is 52.6 Å². The van der Waals surface area contributed by atoms with Crippen LogP contribution in [0.1, 0.15) is 64.5 Å². The van der Waals surface area contributed by atoms with Crippen LogP contribution in [0.2, 0.25) is 0 Å². The van der Waals surface area contributed by atoms with Gasteiger partial charge in [0.1, 0.15) is 12.2 Å². The fourth-order valence-corrected chi connectivity index (χ4v) is 8.11. The standard InChI is InChI=1S/C36H38O4/c1-4-20(2)35(37)40-34-31-16-29-17-32(34)19-30(18-31)33(29)36(38)39-21(3)22-9-10-25-14-27-12-23-7-5-6-8-24(23)13-28(27)15-26(25)11-22/h5-15,20-21,29-34H,4,16-19H2,1-3H3. The molecule has 0 saturated heterocycles. The van der Waals surface area contributed by atoms with E-state index in [0.29, 0.717) is 23.7 Å². The third-order valence-corrected chi connectivity index (χ3v) is 10.4. The number of carbonyl (C=O) groups is 2. The molecule has 4 saturated carbocycles. The average Bonchev–Trinajstić information content (AvgIpc) is 2.95. The summed E-state index contributed by atoms with van der Waals surface area (Å²) in [5, 5.41) is 7.29. The molecule has 0 aliphatic heterocycles. The van der Waals surface area contributed by atoms with Crippen LogP contribution in [0.3, 0.4) is 0 Å². The Kier molecular flexibility index (Phi) is 6.33. The van der Waals surface area contributed by atoms with E-state index in [9.17, 15) is 9.59 Å². The van der Waals surface area contributed by atoms with Crippen molar-refractivity contribution in [3.63, 3.8) is 0 Å². The number of rotatable bonds is 6. The predicted molar refractivity (Wildman–Crippen MR) is 159 cm³/mol. The number of hydrogen-bond acceptors (Lipinski definition) is 4. The Morgan fingerprint density at radius 1 is 0.725 bits per heavy atom. The van der Waals surface area contributed by atoms with E-state index in [1.165, 1.54) is 26.9 Å². The summed E-state index contributed by atoms with van der Waals surface area (Å²) < 4.78 is 12.2. The van der Waals surface area contributed by atoms with Gasteiger partial charge >= 0.3 is 11.9 Å². The van der Waals surface area contributed by atoms with E-state index in [0.717, 1.165) is 43.1 Å². The lowest BCUT2D eigenvalue weighted by Crippen LogP contribution is -2.56. The Bertz CT molecular complexity index is 1590. The SMILES string of the molecule is CCC(C)C(=O)OC1C2CC3CC1CC(C2)C3C(=O)OC(C)c1ccc2cc3cc4ccccc4cc3cc2c1. The van der Waals surface area contributed by atoms with E-state index in [2.05, 4.69) is 66.7 Å². The second kappa shape index (κ2) is 9.90. The van der Waals surface area contributed by atoms with Crippen molar-refractivity contribution in [3.05, 3.63) is 72.3 Å². The maximum Gasteiger partial charge on any atom is 0.310 e. The van der Waals surface area contributed by atoms with Crippen molar-refractivity contribution in [2.45, 2.75) is 65.1 Å². The normalized spacial score (nSPS) is 28.6. The van der Waals surface area contributed by atoms with Gasteiger partial charge in [-0.1, -0.05) is 50.2 Å². The zero-order valence-corrected chi connectivity index (χ0v) is 23.6. The fraction of sp³-hybridized carbons (Fsp3) is 0.444. The summed E-state index contributed by atoms with van der Waals surface area (Å²) >= 11 is 0. The second-order valence-electron chi connectivity index (χ2n) is 12.8. The Balaban J connectivity index is 1.06. The largest absolute Gasteiger partial charge is 0.462 e. The highest BCUT2D eigenvalue weighted by atomic mass is 16.5. The van der Waals surface area contributed by atoms with Gasteiger partial charge in [-0.25, -0.2) is 0 Å². The molecule has 0 radical (unpaired) electrons. The lowest BCUT2D eigenvalue weighted by atomic mass is 9.50. The zero-order valence-electron chi connectivity index (χ0n) is 23.6. The summed E-state index contributed by atoms with van der Waals surface area (Å²) in [6, 6.07) is 23.9. The van der Waals surface area contributed by atoms with Gasteiger partial charge in [-0.05, 0) is 131 Å². The fourth-order valence-electron chi connectivity index (χ4n) is 8.11. The van der Waals surface area contributed by atoms with Gasteiger partial charge in [-0.3, -0.25) is 9.59 Å². The van der Waals surface area contributed by atoms with Gasteiger partial charge in [0.05, 0.1) is 11.8 Å². The van der Waals surface area contributed by atoms with Crippen molar-refractivity contribution in [2.24, 2.45) is 35.5 Å². The van der Waals surface area contributed by atoms with Crippen molar-refractivity contribution < 1.29 is 19.1 Å². The Morgan fingerprint density at radius 3 is 1.82 bits per heavy atom. The van der Waals surface area contributed by atoms with Crippen molar-refractivity contribution >= 4 is 44.3 Å². The first-order chi connectivity index (χ1) is 19.4. The van der Waals surface area contributed by atoms with Crippen LogP contribution in [0.5, 0.6) is 0 Å². The first-order valence-electron chi connectivity index (χ1n) is 15.1. The molecule has 2 atom stereocenters. The maximum atomic E-state index is 13.6. The molecule has 8 rings (SSSR count). The third-order valence-electron chi connectivity index (χ3n) is 10.4. The molecule has 4 heteroatoms. The Morgan fingerprint density at radius 2 is 1.25 bits per heavy atom. The number of benzene rings is 4. The van der Waals surface area contributed by atoms with E-state index >= 15 is 0 Å². The molecule has 0 N–H and O–H groups in total. The van der Waals surface area contributed by atoms with Crippen LogP contribution in [0, 0.1) is 35.5 Å². The van der Waals surface area contributed by atoms with Gasteiger partial charge in [0.15, 0.2) is 0 Å². The van der Waals surface area contributed by atoms with Crippen molar-refractivity contribution in [1.29, 1.82) is 0 Å². The van der Waals surface area contributed by atoms with E-state index in [-0.39, 0.29) is 36.0 Å². The van der Waals surface area contributed by atoms with Crippen molar-refractivity contribution in [1.82, 2.24) is 0 Å². The third kappa shape index (κ3) is 4.36. The molecular formula is C36H38O4. The Hall–Kier alpha value is -3.40. The number of ether oxygens (including phenoxy) is 2. The highest BCUT2D eigenvalue weighted by Crippen LogP contribution is 2.58. The van der Waals surface area contributed by atoms with E-state index in [1.807, 2.05) is 20.8 Å². The quantitative estimate of drug-likeness (QED) is 0.184. The summed E-state index contributed by atoms with van der Waals surface area (Å²) in [7, 11) is 0. The molecule has 4 aromatic rings. The van der Waals surface area contributed by atoms with Gasteiger partial charge < -0.3 is 9.47 Å². The van der Waals surface area contributed by atoms with E-state index in [4.69, 9.17) is 9.47 Å². The molecule has 4 bridgehead atoms. The maximum absolute atomic E-state index is 13.6. The number of carbonyl (C=O) groups excluding carboxylic acids is 2. The monoisotopic (exact) mass is 534 g/mol. The minimum Gasteiger partial charge on any atom is -0.462 e.